The van der Waals surface area contributed by atoms with Crippen molar-refractivity contribution in [1.82, 2.24) is 5.32 Å². The summed E-state index contributed by atoms with van der Waals surface area (Å²) in [7, 11) is 0. The van der Waals surface area contributed by atoms with Gasteiger partial charge < -0.3 is 16.2 Å². The summed E-state index contributed by atoms with van der Waals surface area (Å²) in [6.45, 7) is 1.07. The van der Waals surface area contributed by atoms with Gasteiger partial charge in [-0.25, -0.2) is 0 Å². The van der Waals surface area contributed by atoms with Crippen LogP contribution < -0.4 is 11.1 Å². The number of rotatable bonds is 2. The van der Waals surface area contributed by atoms with Crippen molar-refractivity contribution < 1.29 is 14.7 Å². The average Bonchev–Trinajstić information content (AvgIpc) is 2.18. The molecule has 0 spiro atoms. The standard InChI is InChI=1S/C10H12N2O.CH2O2/c11-9(13)10(6-12-7-10)8-4-2-1-3-5-8;2-1-3/h1-5,12H,6-7H2,(H2,11,13);1H,(H,2,3). The Kier molecular flexibility index (Phi) is 4.02. The number of nitrogens with two attached hydrogens (primary N) is 1. The molecule has 1 saturated heterocycles. The largest absolute Gasteiger partial charge is 0.483 e. The lowest BCUT2D eigenvalue weighted by Gasteiger charge is -2.40. The zero-order valence-corrected chi connectivity index (χ0v) is 8.72. The number of hydrogen-bond acceptors (Lipinski definition) is 3. The van der Waals surface area contributed by atoms with Crippen molar-refractivity contribution in [2.45, 2.75) is 5.41 Å². The first-order chi connectivity index (χ1) is 7.67. The second-order valence-corrected chi connectivity index (χ2v) is 3.52. The SMILES string of the molecule is NC(=O)C1(c2ccccc2)CNC1.O=CO. The average molecular weight is 222 g/mol. The predicted molar refractivity (Wildman–Crippen MR) is 58.9 cm³/mol. The molecule has 86 valence electrons. The maximum atomic E-state index is 11.3. The van der Waals surface area contributed by atoms with Gasteiger partial charge in [0, 0.05) is 13.1 Å². The summed E-state index contributed by atoms with van der Waals surface area (Å²) in [5.74, 6) is -0.238. The molecule has 5 heteroatoms. The van der Waals surface area contributed by atoms with Gasteiger partial charge in [0.2, 0.25) is 5.91 Å². The first kappa shape index (κ1) is 12.2. The Morgan fingerprint density at radius 2 is 1.88 bits per heavy atom. The number of amides is 1. The molecular weight excluding hydrogens is 208 g/mol. The molecule has 1 fully saturated rings. The van der Waals surface area contributed by atoms with E-state index >= 15 is 0 Å². The molecule has 2 rings (SSSR count). The van der Waals surface area contributed by atoms with Gasteiger partial charge in [0.05, 0.1) is 5.41 Å². The van der Waals surface area contributed by atoms with Crippen molar-refractivity contribution in [3.05, 3.63) is 35.9 Å². The first-order valence-electron chi connectivity index (χ1n) is 4.81. The molecule has 0 unspecified atom stereocenters. The molecule has 1 aromatic carbocycles. The van der Waals surface area contributed by atoms with Crippen molar-refractivity contribution in [2.75, 3.05) is 13.1 Å². The van der Waals surface area contributed by atoms with Crippen molar-refractivity contribution in [3.63, 3.8) is 0 Å². The lowest BCUT2D eigenvalue weighted by molar-refractivity contribution is -0.125. The van der Waals surface area contributed by atoms with Gasteiger partial charge in [0.25, 0.3) is 6.47 Å². The topological polar surface area (TPSA) is 92.4 Å². The Hall–Kier alpha value is -1.88. The zero-order chi connectivity index (χ0) is 12.0. The molecule has 0 aromatic heterocycles. The van der Waals surface area contributed by atoms with Gasteiger partial charge in [-0.15, -0.1) is 0 Å². The number of carbonyl (C=O) groups is 2. The Balaban J connectivity index is 0.000000386. The highest BCUT2D eigenvalue weighted by Gasteiger charge is 2.44. The van der Waals surface area contributed by atoms with Crippen LogP contribution in [0.2, 0.25) is 0 Å². The van der Waals surface area contributed by atoms with E-state index in [1.54, 1.807) is 0 Å². The summed E-state index contributed by atoms with van der Waals surface area (Å²) in [4.78, 5) is 19.6. The normalized spacial score (nSPS) is 16.2. The van der Waals surface area contributed by atoms with Gasteiger partial charge in [-0.05, 0) is 5.56 Å². The van der Waals surface area contributed by atoms with E-state index in [-0.39, 0.29) is 12.4 Å². The molecule has 1 aliphatic heterocycles. The van der Waals surface area contributed by atoms with Crippen LogP contribution >= 0.6 is 0 Å². The highest BCUT2D eigenvalue weighted by Crippen LogP contribution is 2.27. The maximum Gasteiger partial charge on any atom is 0.290 e. The second-order valence-electron chi connectivity index (χ2n) is 3.52. The molecular formula is C11H14N2O3. The monoisotopic (exact) mass is 222 g/mol. The van der Waals surface area contributed by atoms with Gasteiger partial charge in [-0.2, -0.15) is 0 Å². The fourth-order valence-electron chi connectivity index (χ4n) is 1.65. The van der Waals surface area contributed by atoms with E-state index in [1.165, 1.54) is 0 Å². The third-order valence-corrected chi connectivity index (χ3v) is 2.65. The smallest absolute Gasteiger partial charge is 0.290 e. The fraction of sp³-hybridized carbons (Fsp3) is 0.273. The highest BCUT2D eigenvalue weighted by atomic mass is 16.3. The minimum atomic E-state index is -0.457. The molecule has 0 aliphatic carbocycles. The Labute approximate surface area is 93.3 Å². The quantitative estimate of drug-likeness (QED) is 0.600. The first-order valence-corrected chi connectivity index (χ1v) is 4.81. The Morgan fingerprint density at radius 1 is 1.38 bits per heavy atom. The van der Waals surface area contributed by atoms with Gasteiger partial charge in [0.1, 0.15) is 0 Å². The van der Waals surface area contributed by atoms with E-state index in [2.05, 4.69) is 5.32 Å². The molecule has 1 amide bonds. The summed E-state index contributed by atoms with van der Waals surface area (Å²) in [5, 5.41) is 9.97. The van der Waals surface area contributed by atoms with Crippen LogP contribution in [-0.4, -0.2) is 30.6 Å². The third-order valence-electron chi connectivity index (χ3n) is 2.65. The molecule has 0 saturated carbocycles. The maximum absolute atomic E-state index is 11.3. The van der Waals surface area contributed by atoms with E-state index in [9.17, 15) is 4.79 Å². The predicted octanol–water partition coefficient (Wildman–Crippen LogP) is -0.286. The minimum absolute atomic E-state index is 0.238. The summed E-state index contributed by atoms with van der Waals surface area (Å²) in [5.41, 5.74) is 5.94. The Bertz CT molecular complexity index is 361. The zero-order valence-electron chi connectivity index (χ0n) is 8.72. The summed E-state index contributed by atoms with van der Waals surface area (Å²) in [6.07, 6.45) is 0. The number of nitrogens with one attached hydrogen (secondary N) is 1. The van der Waals surface area contributed by atoms with Gasteiger partial charge >= 0.3 is 0 Å². The van der Waals surface area contributed by atoms with Crippen LogP contribution in [0.3, 0.4) is 0 Å². The van der Waals surface area contributed by atoms with E-state index < -0.39 is 5.41 Å². The number of hydrogen-bond donors (Lipinski definition) is 3. The van der Waals surface area contributed by atoms with E-state index in [0.29, 0.717) is 13.1 Å². The number of carbonyl (C=O) groups excluding carboxylic acids is 1. The molecule has 4 N–H and O–H groups in total. The van der Waals surface area contributed by atoms with Crippen LogP contribution in [0, 0.1) is 0 Å². The van der Waals surface area contributed by atoms with Crippen LogP contribution in [0.1, 0.15) is 5.56 Å². The highest BCUT2D eigenvalue weighted by molar-refractivity contribution is 5.88. The van der Waals surface area contributed by atoms with Crippen LogP contribution in [0.5, 0.6) is 0 Å². The number of primary amides is 1. The van der Waals surface area contributed by atoms with Crippen molar-refractivity contribution in [1.29, 1.82) is 0 Å². The van der Waals surface area contributed by atoms with Crippen LogP contribution in [0.25, 0.3) is 0 Å². The summed E-state index contributed by atoms with van der Waals surface area (Å²) < 4.78 is 0. The van der Waals surface area contributed by atoms with E-state index in [1.807, 2.05) is 30.3 Å². The molecule has 5 nitrogen and oxygen atoms in total. The Morgan fingerprint density at radius 3 is 2.19 bits per heavy atom. The fourth-order valence-corrected chi connectivity index (χ4v) is 1.65. The number of benzene rings is 1. The number of carboxylic acid groups (broad SMARTS) is 1. The van der Waals surface area contributed by atoms with E-state index in [0.717, 1.165) is 5.56 Å². The molecule has 0 atom stereocenters. The molecule has 16 heavy (non-hydrogen) atoms. The van der Waals surface area contributed by atoms with Crippen LogP contribution in [0.4, 0.5) is 0 Å². The third kappa shape index (κ3) is 2.20. The molecule has 1 heterocycles. The summed E-state index contributed by atoms with van der Waals surface area (Å²) >= 11 is 0. The van der Waals surface area contributed by atoms with Crippen molar-refractivity contribution in [3.8, 4) is 0 Å². The molecule has 0 radical (unpaired) electrons. The van der Waals surface area contributed by atoms with E-state index in [4.69, 9.17) is 15.6 Å². The van der Waals surface area contributed by atoms with Gasteiger partial charge in [0.15, 0.2) is 0 Å². The minimum Gasteiger partial charge on any atom is -0.483 e. The van der Waals surface area contributed by atoms with Crippen molar-refractivity contribution >= 4 is 12.4 Å². The van der Waals surface area contributed by atoms with Crippen LogP contribution in [-0.2, 0) is 15.0 Å². The lowest BCUT2D eigenvalue weighted by Crippen LogP contribution is -2.63. The van der Waals surface area contributed by atoms with Gasteiger partial charge in [-0.3, -0.25) is 9.59 Å². The molecule has 1 aliphatic rings. The summed E-state index contributed by atoms with van der Waals surface area (Å²) in [6, 6.07) is 9.69. The lowest BCUT2D eigenvalue weighted by atomic mass is 9.75. The van der Waals surface area contributed by atoms with Crippen LogP contribution in [0.15, 0.2) is 30.3 Å². The van der Waals surface area contributed by atoms with Gasteiger partial charge in [-0.1, -0.05) is 30.3 Å². The molecule has 0 bridgehead atoms. The van der Waals surface area contributed by atoms with Crippen molar-refractivity contribution in [2.24, 2.45) is 5.73 Å². The second kappa shape index (κ2) is 5.27. The molecule has 1 aromatic rings.